The van der Waals surface area contributed by atoms with Crippen molar-refractivity contribution in [3.63, 3.8) is 0 Å². The molecule has 0 amide bonds. The summed E-state index contributed by atoms with van der Waals surface area (Å²) < 4.78 is 0. The van der Waals surface area contributed by atoms with E-state index in [1.165, 1.54) is 16.7 Å². The highest BCUT2D eigenvalue weighted by molar-refractivity contribution is 5.82. The number of amidine groups is 1. The molecule has 124 valence electrons. The lowest BCUT2D eigenvalue weighted by molar-refractivity contribution is 0.303. The fraction of sp³-hybridized carbons (Fsp3) is 0.174. The summed E-state index contributed by atoms with van der Waals surface area (Å²) in [6.45, 7) is 3.00. The summed E-state index contributed by atoms with van der Waals surface area (Å²) in [5.74, 6) is 1.10. The monoisotopic (exact) mass is 326 g/mol. The standard InChI is InChI=1S/C23H22N2/c1-18-24-22(20-13-7-3-8-14-20)23(21-15-9-4-10-16-21)25(18)17-19-11-5-2-6-12-19/h2-16,22-23H,17H2,1H3/t22-,23-/m0/s1. The van der Waals surface area contributed by atoms with E-state index in [0.29, 0.717) is 0 Å². The topological polar surface area (TPSA) is 15.6 Å². The third-order valence-corrected chi connectivity index (χ3v) is 4.85. The van der Waals surface area contributed by atoms with E-state index < -0.39 is 0 Å². The van der Waals surface area contributed by atoms with Crippen molar-refractivity contribution >= 4 is 5.84 Å². The van der Waals surface area contributed by atoms with Gasteiger partial charge in [-0.05, 0) is 23.6 Å². The summed E-state index contributed by atoms with van der Waals surface area (Å²) >= 11 is 0. The molecule has 1 aliphatic heterocycles. The molecule has 2 atom stereocenters. The lowest BCUT2D eigenvalue weighted by Gasteiger charge is -2.30. The first kappa shape index (κ1) is 15.6. The van der Waals surface area contributed by atoms with Gasteiger partial charge >= 0.3 is 0 Å². The molecule has 0 N–H and O–H groups in total. The molecule has 0 saturated carbocycles. The number of aliphatic imine (C=N–C) groups is 1. The van der Waals surface area contributed by atoms with Crippen LogP contribution >= 0.6 is 0 Å². The SMILES string of the molecule is CC1=N[C@@H](c2ccccc2)[C@H](c2ccccc2)N1Cc1ccccc1. The predicted molar refractivity (Wildman–Crippen MR) is 103 cm³/mol. The van der Waals surface area contributed by atoms with Crippen molar-refractivity contribution in [1.29, 1.82) is 0 Å². The predicted octanol–water partition coefficient (Wildman–Crippen LogP) is 5.40. The first-order chi connectivity index (χ1) is 12.3. The summed E-state index contributed by atoms with van der Waals surface area (Å²) in [4.78, 5) is 7.47. The van der Waals surface area contributed by atoms with E-state index in [0.717, 1.165) is 12.4 Å². The molecule has 0 unspecified atom stereocenters. The van der Waals surface area contributed by atoms with Crippen molar-refractivity contribution in [2.24, 2.45) is 4.99 Å². The number of nitrogens with zero attached hydrogens (tertiary/aromatic N) is 2. The number of rotatable bonds is 4. The highest BCUT2D eigenvalue weighted by atomic mass is 15.3. The normalized spacial score (nSPS) is 19.7. The Kier molecular flexibility index (Phi) is 4.34. The average molecular weight is 326 g/mol. The molecule has 3 aromatic carbocycles. The van der Waals surface area contributed by atoms with Crippen molar-refractivity contribution in [2.45, 2.75) is 25.6 Å². The number of hydrogen-bond donors (Lipinski definition) is 0. The zero-order valence-corrected chi connectivity index (χ0v) is 14.4. The van der Waals surface area contributed by atoms with Gasteiger partial charge in [-0.1, -0.05) is 91.0 Å². The van der Waals surface area contributed by atoms with Crippen molar-refractivity contribution < 1.29 is 0 Å². The summed E-state index contributed by atoms with van der Waals surface area (Å²) in [7, 11) is 0. The maximum atomic E-state index is 5.04. The van der Waals surface area contributed by atoms with E-state index in [9.17, 15) is 0 Å². The van der Waals surface area contributed by atoms with Gasteiger partial charge in [0.05, 0.1) is 11.9 Å². The van der Waals surface area contributed by atoms with Crippen LogP contribution in [0.25, 0.3) is 0 Å². The molecule has 0 spiro atoms. The Labute approximate surface area is 149 Å². The van der Waals surface area contributed by atoms with Gasteiger partial charge in [0.2, 0.25) is 0 Å². The van der Waals surface area contributed by atoms with Gasteiger partial charge in [0.15, 0.2) is 0 Å². The van der Waals surface area contributed by atoms with Crippen LogP contribution in [-0.2, 0) is 6.54 Å². The molecule has 2 heteroatoms. The fourth-order valence-electron chi connectivity index (χ4n) is 3.63. The molecule has 4 rings (SSSR count). The van der Waals surface area contributed by atoms with E-state index in [-0.39, 0.29) is 12.1 Å². The van der Waals surface area contributed by atoms with Crippen LogP contribution in [0.3, 0.4) is 0 Å². The van der Waals surface area contributed by atoms with E-state index in [1.807, 2.05) is 0 Å². The third-order valence-electron chi connectivity index (χ3n) is 4.85. The lowest BCUT2D eigenvalue weighted by atomic mass is 9.93. The number of benzene rings is 3. The van der Waals surface area contributed by atoms with Crippen molar-refractivity contribution in [2.75, 3.05) is 0 Å². The second kappa shape index (κ2) is 6.94. The maximum absolute atomic E-state index is 5.04. The number of hydrogen-bond acceptors (Lipinski definition) is 2. The molecule has 0 fully saturated rings. The zero-order chi connectivity index (χ0) is 17.1. The van der Waals surface area contributed by atoms with Gasteiger partial charge in [0.1, 0.15) is 6.04 Å². The lowest BCUT2D eigenvalue weighted by Crippen LogP contribution is -2.29. The Morgan fingerprint density at radius 3 is 1.84 bits per heavy atom. The Morgan fingerprint density at radius 2 is 1.24 bits per heavy atom. The highest BCUT2D eigenvalue weighted by Gasteiger charge is 2.36. The Balaban J connectivity index is 1.73. The van der Waals surface area contributed by atoms with Crippen molar-refractivity contribution in [3.8, 4) is 0 Å². The largest absolute Gasteiger partial charge is 0.347 e. The minimum Gasteiger partial charge on any atom is -0.347 e. The van der Waals surface area contributed by atoms with Crippen LogP contribution in [0, 0.1) is 0 Å². The molecule has 3 aromatic rings. The molecule has 0 aromatic heterocycles. The fourth-order valence-corrected chi connectivity index (χ4v) is 3.63. The summed E-state index contributed by atoms with van der Waals surface area (Å²) in [6, 6.07) is 32.4. The van der Waals surface area contributed by atoms with Gasteiger partial charge in [-0.2, -0.15) is 0 Å². The van der Waals surface area contributed by atoms with E-state index in [4.69, 9.17) is 4.99 Å². The van der Waals surface area contributed by atoms with Gasteiger partial charge in [-0.15, -0.1) is 0 Å². The average Bonchev–Trinajstić information content (AvgIpc) is 3.00. The van der Waals surface area contributed by atoms with Gasteiger partial charge in [0, 0.05) is 6.54 Å². The molecule has 2 nitrogen and oxygen atoms in total. The third kappa shape index (κ3) is 3.20. The van der Waals surface area contributed by atoms with Crippen LogP contribution in [0.5, 0.6) is 0 Å². The summed E-state index contributed by atoms with van der Waals surface area (Å²) in [6.07, 6.45) is 0. The molecular formula is C23H22N2. The molecule has 0 radical (unpaired) electrons. The molecule has 1 aliphatic rings. The summed E-state index contributed by atoms with van der Waals surface area (Å²) in [5, 5.41) is 0. The minimum absolute atomic E-state index is 0.132. The molecular weight excluding hydrogens is 304 g/mol. The van der Waals surface area contributed by atoms with Crippen molar-refractivity contribution in [1.82, 2.24) is 4.90 Å². The second-order valence-electron chi connectivity index (χ2n) is 6.50. The van der Waals surface area contributed by atoms with Crippen LogP contribution in [-0.4, -0.2) is 10.7 Å². The maximum Gasteiger partial charge on any atom is 0.101 e. The highest BCUT2D eigenvalue weighted by Crippen LogP contribution is 2.42. The van der Waals surface area contributed by atoms with Gasteiger partial charge < -0.3 is 4.90 Å². The van der Waals surface area contributed by atoms with Crippen LogP contribution in [0.2, 0.25) is 0 Å². The molecule has 0 bridgehead atoms. The van der Waals surface area contributed by atoms with Gasteiger partial charge in [-0.3, -0.25) is 4.99 Å². The zero-order valence-electron chi connectivity index (χ0n) is 14.4. The Hall–Kier alpha value is -2.87. The van der Waals surface area contributed by atoms with E-state index in [1.54, 1.807) is 0 Å². The Morgan fingerprint density at radius 1 is 0.720 bits per heavy atom. The minimum atomic E-state index is 0.132. The molecule has 0 saturated heterocycles. The smallest absolute Gasteiger partial charge is 0.101 e. The van der Waals surface area contributed by atoms with Crippen LogP contribution in [0.15, 0.2) is 96.0 Å². The van der Waals surface area contributed by atoms with Gasteiger partial charge in [0.25, 0.3) is 0 Å². The summed E-state index contributed by atoms with van der Waals surface area (Å²) in [5.41, 5.74) is 3.89. The molecule has 25 heavy (non-hydrogen) atoms. The van der Waals surface area contributed by atoms with Crippen LogP contribution < -0.4 is 0 Å². The van der Waals surface area contributed by atoms with Gasteiger partial charge in [-0.25, -0.2) is 0 Å². The van der Waals surface area contributed by atoms with Crippen LogP contribution in [0.1, 0.15) is 35.7 Å². The van der Waals surface area contributed by atoms with E-state index in [2.05, 4.69) is 103 Å². The van der Waals surface area contributed by atoms with Crippen LogP contribution in [0.4, 0.5) is 0 Å². The first-order valence-electron chi connectivity index (χ1n) is 8.78. The van der Waals surface area contributed by atoms with E-state index >= 15 is 0 Å². The second-order valence-corrected chi connectivity index (χ2v) is 6.50. The Bertz CT molecular complexity index is 841. The molecule has 0 aliphatic carbocycles. The molecule has 1 heterocycles. The quantitative estimate of drug-likeness (QED) is 0.626. The van der Waals surface area contributed by atoms with Crippen molar-refractivity contribution in [3.05, 3.63) is 108 Å². The first-order valence-corrected chi connectivity index (χ1v) is 8.78.